The van der Waals surface area contributed by atoms with Gasteiger partial charge in [0.1, 0.15) is 34.5 Å². The zero-order chi connectivity index (χ0) is 25.8. The minimum Gasteiger partial charge on any atom is -0.455 e. The van der Waals surface area contributed by atoms with Crippen molar-refractivity contribution in [3.8, 4) is 23.6 Å². The van der Waals surface area contributed by atoms with Gasteiger partial charge in [0.15, 0.2) is 5.75 Å². The van der Waals surface area contributed by atoms with Gasteiger partial charge in [-0.2, -0.15) is 10.5 Å². The average molecular weight is 519 g/mol. The maximum atomic E-state index is 15.1. The molecule has 3 aromatic rings. The second kappa shape index (κ2) is 11.0. The van der Waals surface area contributed by atoms with Crippen molar-refractivity contribution in [3.05, 3.63) is 86.7 Å². The fraction of sp³-hybridized carbons (Fsp3) is 0.207. The van der Waals surface area contributed by atoms with Gasteiger partial charge < -0.3 is 4.74 Å². The number of benzene rings is 3. The highest BCUT2D eigenvalue weighted by molar-refractivity contribution is 6.44. The number of ether oxygens (including phenoxy) is 1. The molecular weight excluding hydrogens is 498 g/mol. The number of halogens is 3. The van der Waals surface area contributed by atoms with Crippen LogP contribution < -0.4 is 4.74 Å². The van der Waals surface area contributed by atoms with E-state index < -0.39 is 5.83 Å². The molecule has 36 heavy (non-hydrogen) atoms. The van der Waals surface area contributed by atoms with Crippen LogP contribution >= 0.6 is 23.2 Å². The Hall–Kier alpha value is -3.64. The van der Waals surface area contributed by atoms with Gasteiger partial charge in [0.2, 0.25) is 0 Å². The molecule has 0 N–H and O–H groups in total. The first-order valence-corrected chi connectivity index (χ1v) is 12.3. The molecule has 180 valence electrons. The molecule has 0 radical (unpaired) electrons. The van der Waals surface area contributed by atoms with E-state index in [1.807, 2.05) is 19.1 Å². The van der Waals surface area contributed by atoms with E-state index in [2.05, 4.69) is 6.07 Å². The molecule has 0 saturated heterocycles. The summed E-state index contributed by atoms with van der Waals surface area (Å²) in [6, 6.07) is 14.3. The van der Waals surface area contributed by atoms with Crippen molar-refractivity contribution in [2.45, 2.75) is 39.0 Å². The molecule has 4 rings (SSSR count). The molecule has 3 aromatic carbocycles. The fourth-order valence-corrected chi connectivity index (χ4v) is 4.78. The molecule has 0 atom stereocenters. The van der Waals surface area contributed by atoms with E-state index in [1.165, 1.54) is 12.1 Å². The standard InChI is InChI=1S/C29H21Cl2FN2O2/c1-2-6-20(35)11-17-7-5-8-21(12-17)36-29-26-18(14-24(30)28(29)31)13-19(15-33)23(16-34)27(26)22-9-3-4-10-25(22)32/h4-5,7-8,10,12-14H,2-3,6,9,11H2,1H3. The molecular formula is C29H21Cl2FN2O2. The van der Waals surface area contributed by atoms with Crippen molar-refractivity contribution in [2.24, 2.45) is 0 Å². The summed E-state index contributed by atoms with van der Waals surface area (Å²) in [4.78, 5) is 12.2. The Kier molecular flexibility index (Phi) is 7.75. The highest BCUT2D eigenvalue weighted by atomic mass is 35.5. The van der Waals surface area contributed by atoms with Crippen LogP contribution in [0.2, 0.25) is 10.0 Å². The molecule has 0 saturated carbocycles. The van der Waals surface area contributed by atoms with Gasteiger partial charge in [0.05, 0.1) is 16.1 Å². The Balaban J connectivity index is 1.97. The van der Waals surface area contributed by atoms with Crippen molar-refractivity contribution in [1.82, 2.24) is 0 Å². The van der Waals surface area contributed by atoms with E-state index in [1.54, 1.807) is 30.3 Å². The summed E-state index contributed by atoms with van der Waals surface area (Å²) in [5, 5.41) is 20.9. The van der Waals surface area contributed by atoms with Gasteiger partial charge in [-0.3, -0.25) is 4.79 Å². The summed E-state index contributed by atoms with van der Waals surface area (Å²) in [6.45, 7) is 1.95. The van der Waals surface area contributed by atoms with E-state index in [9.17, 15) is 15.3 Å². The smallest absolute Gasteiger partial charge is 0.156 e. The van der Waals surface area contributed by atoms with Gasteiger partial charge in [0.25, 0.3) is 0 Å². The summed E-state index contributed by atoms with van der Waals surface area (Å²) < 4.78 is 21.3. The number of ketones is 1. The Morgan fingerprint density at radius 3 is 2.67 bits per heavy atom. The average Bonchev–Trinajstić information content (AvgIpc) is 2.86. The molecule has 1 aliphatic carbocycles. The van der Waals surface area contributed by atoms with Crippen molar-refractivity contribution in [1.29, 1.82) is 10.5 Å². The van der Waals surface area contributed by atoms with Gasteiger partial charge in [-0.25, -0.2) is 4.39 Å². The lowest BCUT2D eigenvalue weighted by atomic mass is 9.86. The lowest BCUT2D eigenvalue weighted by molar-refractivity contribution is -0.118. The third kappa shape index (κ3) is 5.00. The number of nitriles is 2. The van der Waals surface area contributed by atoms with Crippen molar-refractivity contribution >= 4 is 45.3 Å². The summed E-state index contributed by atoms with van der Waals surface area (Å²) >= 11 is 13.0. The van der Waals surface area contributed by atoms with Gasteiger partial charge in [-0.1, -0.05) is 48.3 Å². The van der Waals surface area contributed by atoms with E-state index in [-0.39, 0.29) is 44.7 Å². The molecule has 0 aromatic heterocycles. The highest BCUT2D eigenvalue weighted by Gasteiger charge is 2.26. The van der Waals surface area contributed by atoms with Crippen LogP contribution in [0.1, 0.15) is 54.9 Å². The summed E-state index contributed by atoms with van der Waals surface area (Å²) in [5.74, 6) is 0.206. The van der Waals surface area contributed by atoms with E-state index >= 15 is 4.39 Å². The number of carbonyl (C=O) groups excluding carboxylic acids is 1. The first-order valence-electron chi connectivity index (χ1n) is 11.5. The van der Waals surface area contributed by atoms with E-state index in [0.29, 0.717) is 41.4 Å². The third-order valence-electron chi connectivity index (χ3n) is 5.97. The van der Waals surface area contributed by atoms with Crippen LogP contribution in [0, 0.1) is 22.7 Å². The third-order valence-corrected chi connectivity index (χ3v) is 6.74. The SMILES string of the molecule is CCCC(=O)Cc1cccc(Oc2c(Cl)c(Cl)cc3cc(C#N)c(C#N)c(C4=C(F)C=CCC4)c23)c1. The second-order valence-corrected chi connectivity index (χ2v) is 9.26. The Morgan fingerprint density at radius 1 is 1.17 bits per heavy atom. The predicted molar refractivity (Wildman–Crippen MR) is 140 cm³/mol. The molecule has 0 heterocycles. The van der Waals surface area contributed by atoms with Crippen LogP contribution in [0.4, 0.5) is 4.39 Å². The quantitative estimate of drug-likeness (QED) is 0.313. The number of fused-ring (bicyclic) bond motifs is 1. The molecule has 4 nitrogen and oxygen atoms in total. The topological polar surface area (TPSA) is 73.9 Å². The zero-order valence-electron chi connectivity index (χ0n) is 19.5. The minimum absolute atomic E-state index is 0.0487. The van der Waals surface area contributed by atoms with Crippen LogP contribution in [0.3, 0.4) is 0 Å². The van der Waals surface area contributed by atoms with Crippen molar-refractivity contribution < 1.29 is 13.9 Å². The Bertz CT molecular complexity index is 1530. The number of hydrogen-bond donors (Lipinski definition) is 0. The number of hydrogen-bond acceptors (Lipinski definition) is 4. The number of rotatable bonds is 7. The molecule has 0 bridgehead atoms. The first-order chi connectivity index (χ1) is 17.4. The van der Waals surface area contributed by atoms with E-state index in [4.69, 9.17) is 27.9 Å². The van der Waals surface area contributed by atoms with Crippen LogP contribution in [-0.4, -0.2) is 5.78 Å². The van der Waals surface area contributed by atoms with Crippen molar-refractivity contribution in [3.63, 3.8) is 0 Å². The normalized spacial score (nSPS) is 12.9. The Morgan fingerprint density at radius 2 is 1.97 bits per heavy atom. The predicted octanol–water partition coefficient (Wildman–Crippen LogP) is 8.62. The molecule has 0 amide bonds. The molecule has 0 fully saturated rings. The molecule has 0 aliphatic heterocycles. The summed E-state index contributed by atoms with van der Waals surface area (Å²) in [7, 11) is 0. The number of nitrogens with zero attached hydrogens (tertiary/aromatic N) is 2. The summed E-state index contributed by atoms with van der Waals surface area (Å²) in [5.41, 5.74) is 1.52. The monoisotopic (exact) mass is 518 g/mol. The van der Waals surface area contributed by atoms with Gasteiger partial charge in [0, 0.05) is 23.8 Å². The maximum absolute atomic E-state index is 15.1. The second-order valence-electron chi connectivity index (χ2n) is 8.48. The van der Waals surface area contributed by atoms with Gasteiger partial charge in [-0.05, 0) is 66.1 Å². The lowest BCUT2D eigenvalue weighted by Gasteiger charge is -2.20. The number of allylic oxidation sites excluding steroid dienone is 4. The van der Waals surface area contributed by atoms with Crippen LogP contribution in [0.5, 0.6) is 11.5 Å². The molecule has 0 unspecified atom stereocenters. The molecule has 7 heteroatoms. The fourth-order valence-electron chi connectivity index (χ4n) is 4.39. The molecule has 1 aliphatic rings. The number of Topliss-reactive ketones (excluding diaryl/α,β-unsaturated/α-hetero) is 1. The van der Waals surface area contributed by atoms with Crippen LogP contribution in [-0.2, 0) is 11.2 Å². The highest BCUT2D eigenvalue weighted by Crippen LogP contribution is 2.47. The van der Waals surface area contributed by atoms with Crippen LogP contribution in [0.25, 0.3) is 16.3 Å². The van der Waals surface area contributed by atoms with Crippen molar-refractivity contribution in [2.75, 3.05) is 0 Å². The largest absolute Gasteiger partial charge is 0.455 e. The number of carbonyl (C=O) groups is 1. The van der Waals surface area contributed by atoms with E-state index in [0.717, 1.165) is 12.0 Å². The van der Waals surface area contributed by atoms with Gasteiger partial charge >= 0.3 is 0 Å². The first kappa shape index (κ1) is 25.5. The maximum Gasteiger partial charge on any atom is 0.156 e. The van der Waals surface area contributed by atoms with Gasteiger partial charge in [-0.15, -0.1) is 0 Å². The lowest BCUT2D eigenvalue weighted by Crippen LogP contribution is -2.03. The Labute approximate surface area is 218 Å². The minimum atomic E-state index is -0.484. The molecule has 0 spiro atoms. The zero-order valence-corrected chi connectivity index (χ0v) is 21.0. The van der Waals surface area contributed by atoms with Crippen LogP contribution in [0.15, 0.2) is 54.4 Å². The summed E-state index contributed by atoms with van der Waals surface area (Å²) in [6.07, 6.45) is 5.54.